The maximum atomic E-state index is 11.1. The Labute approximate surface area is 80.5 Å². The summed E-state index contributed by atoms with van der Waals surface area (Å²) in [5.41, 5.74) is 2.47. The van der Waals surface area contributed by atoms with Crippen LogP contribution in [0.15, 0.2) is 41.2 Å². The van der Waals surface area contributed by atoms with Gasteiger partial charge in [-0.3, -0.25) is 10.1 Å². The van der Waals surface area contributed by atoms with Crippen molar-refractivity contribution in [1.29, 1.82) is 0 Å². The summed E-state index contributed by atoms with van der Waals surface area (Å²) in [5, 5.41) is 21.4. The molecule has 73 valence electrons. The molecule has 14 heavy (non-hydrogen) atoms. The van der Waals surface area contributed by atoms with Crippen LogP contribution in [0.3, 0.4) is 0 Å². The van der Waals surface area contributed by atoms with Crippen molar-refractivity contribution in [2.75, 3.05) is 6.61 Å². The lowest BCUT2D eigenvalue weighted by Crippen LogP contribution is -1.98. The molecule has 5 nitrogen and oxygen atoms in total. The van der Waals surface area contributed by atoms with Gasteiger partial charge in [-0.05, 0) is 18.7 Å². The van der Waals surface area contributed by atoms with Crippen LogP contribution in [0.5, 0.6) is 0 Å². The largest absolute Gasteiger partial charge is 0.462 e. The van der Waals surface area contributed by atoms with Gasteiger partial charge in [0.1, 0.15) is 0 Å². The van der Waals surface area contributed by atoms with Crippen molar-refractivity contribution in [2.45, 2.75) is 6.92 Å². The third kappa shape index (κ3) is 2.24. The summed E-state index contributed by atoms with van der Waals surface area (Å²) in [7, 11) is 0. The molecule has 1 radical (unpaired) electrons. The standard InChI is InChI=1S/C9H8NO4/c1-2-14-9(11)7-3-5-8(6-4-7)10(12)13/h3-5H,2H2,1H3. The van der Waals surface area contributed by atoms with Crippen LogP contribution in [0.2, 0.25) is 0 Å². The fraction of sp³-hybridized carbons (Fsp3) is 0.222. The quantitative estimate of drug-likeness (QED) is 0.296. The molecule has 0 atom stereocenters. The Morgan fingerprint density at radius 2 is 2.36 bits per heavy atom. The van der Waals surface area contributed by atoms with Crippen molar-refractivity contribution >= 4 is 0 Å². The molecule has 1 aliphatic carbocycles. The van der Waals surface area contributed by atoms with E-state index in [1.165, 1.54) is 18.2 Å². The molecule has 0 heterocycles. The molecule has 0 bridgehead atoms. The van der Waals surface area contributed by atoms with Gasteiger partial charge in [0, 0.05) is 12.2 Å². The first kappa shape index (κ1) is 10.1. The normalized spacial score (nSPS) is 17.6. The van der Waals surface area contributed by atoms with Gasteiger partial charge in [-0.2, -0.15) is 0 Å². The molecule has 0 aromatic rings. The van der Waals surface area contributed by atoms with E-state index < -0.39 is 10.9 Å². The maximum absolute atomic E-state index is 11.1. The average Bonchev–Trinajstić information content (AvgIpc) is 2.18. The molecule has 0 saturated heterocycles. The lowest BCUT2D eigenvalue weighted by atomic mass is 10.2. The van der Waals surface area contributed by atoms with Crippen molar-refractivity contribution < 1.29 is 14.8 Å². The number of nitro groups is 1. The van der Waals surface area contributed by atoms with Gasteiger partial charge in [-0.1, -0.05) is 0 Å². The van der Waals surface area contributed by atoms with Gasteiger partial charge in [-0.15, -0.1) is 0 Å². The summed E-state index contributed by atoms with van der Waals surface area (Å²) in [5.74, 6) is -0.501. The Morgan fingerprint density at radius 3 is 2.79 bits per heavy atom. The molecule has 0 amide bonds. The highest BCUT2D eigenvalue weighted by molar-refractivity contribution is 5.38. The molecule has 0 unspecified atom stereocenters. The molecule has 0 aromatic heterocycles. The molecule has 0 aromatic carbocycles. The predicted molar refractivity (Wildman–Crippen MR) is 47.1 cm³/mol. The third-order valence-corrected chi connectivity index (χ3v) is 1.50. The highest BCUT2D eigenvalue weighted by Crippen LogP contribution is 2.13. The smallest absolute Gasteiger partial charge is 0.338 e. The monoisotopic (exact) mass is 194 g/mol. The summed E-state index contributed by atoms with van der Waals surface area (Å²) in [6, 6.07) is 0. The van der Waals surface area contributed by atoms with E-state index in [1.807, 2.05) is 0 Å². The Bertz CT molecular complexity index is 372. The number of hydrogen-bond acceptors (Lipinski definition) is 3. The molecule has 0 fully saturated rings. The molecule has 0 spiro atoms. The average molecular weight is 194 g/mol. The zero-order valence-corrected chi connectivity index (χ0v) is 7.52. The number of allylic oxidation sites excluding steroid dienone is 3. The van der Waals surface area contributed by atoms with E-state index in [0.29, 0.717) is 0 Å². The first-order valence-electron chi connectivity index (χ1n) is 3.98. The van der Waals surface area contributed by atoms with Gasteiger partial charge in [0.05, 0.1) is 17.1 Å². The molecule has 0 saturated carbocycles. The minimum absolute atomic E-state index is 0.168. The molecule has 1 aliphatic rings. The van der Waals surface area contributed by atoms with E-state index in [-0.39, 0.29) is 17.9 Å². The van der Waals surface area contributed by atoms with Crippen LogP contribution in [0.1, 0.15) is 6.92 Å². The van der Waals surface area contributed by atoms with Gasteiger partial charge < -0.3 is 4.74 Å². The fourth-order valence-electron chi connectivity index (χ4n) is 0.872. The van der Waals surface area contributed by atoms with Crippen molar-refractivity contribution in [3.8, 4) is 0 Å². The lowest BCUT2D eigenvalue weighted by molar-refractivity contribution is -0.418. The second-order valence-corrected chi connectivity index (χ2v) is 2.44. The minimum Gasteiger partial charge on any atom is -0.462 e. The van der Waals surface area contributed by atoms with Crippen LogP contribution >= 0.6 is 0 Å². The summed E-state index contributed by atoms with van der Waals surface area (Å²) in [6.45, 7) is 1.96. The Morgan fingerprint density at radius 1 is 1.64 bits per heavy atom. The number of rotatable bonds is 3. The topological polar surface area (TPSA) is 72.3 Å². The van der Waals surface area contributed by atoms with E-state index in [2.05, 4.69) is 5.73 Å². The highest BCUT2D eigenvalue weighted by Gasteiger charge is 2.11. The Hall–Kier alpha value is -2.00. The maximum Gasteiger partial charge on any atom is 0.338 e. The van der Waals surface area contributed by atoms with E-state index in [1.54, 1.807) is 6.92 Å². The van der Waals surface area contributed by atoms with Crippen LogP contribution in [-0.4, -0.2) is 11.5 Å². The van der Waals surface area contributed by atoms with Crippen molar-refractivity contribution in [2.24, 2.45) is 0 Å². The lowest BCUT2D eigenvalue weighted by Gasteiger charge is -2.00. The first-order valence-corrected chi connectivity index (χ1v) is 3.98. The number of nitrogens with zero attached hydrogens (tertiary/aromatic N) is 1. The molecular formula is C9H8NO4. The summed E-state index contributed by atoms with van der Waals surface area (Å²) >= 11 is 0. The van der Waals surface area contributed by atoms with Crippen LogP contribution < -0.4 is 0 Å². The van der Waals surface area contributed by atoms with Crippen LogP contribution in [0.25, 0.3) is 0 Å². The van der Waals surface area contributed by atoms with Gasteiger partial charge in [0.15, 0.2) is 0 Å². The van der Waals surface area contributed by atoms with Crippen LogP contribution in [0, 0.1) is 10.1 Å². The van der Waals surface area contributed by atoms with Gasteiger partial charge in [0.2, 0.25) is 0 Å². The summed E-state index contributed by atoms with van der Waals surface area (Å²) in [4.78, 5) is 9.69. The predicted octanol–water partition coefficient (Wildman–Crippen LogP) is 1.55. The van der Waals surface area contributed by atoms with Gasteiger partial charge >= 0.3 is 11.6 Å². The molecule has 5 heteroatoms. The van der Waals surface area contributed by atoms with Crippen LogP contribution in [-0.2, 0) is 9.84 Å². The first-order chi connectivity index (χ1) is 6.65. The molecule has 0 aliphatic heterocycles. The fourth-order valence-corrected chi connectivity index (χ4v) is 0.872. The van der Waals surface area contributed by atoms with Crippen molar-refractivity contribution in [1.82, 2.24) is 0 Å². The second-order valence-electron chi connectivity index (χ2n) is 2.44. The van der Waals surface area contributed by atoms with E-state index in [0.717, 1.165) is 0 Å². The zero-order valence-electron chi connectivity index (χ0n) is 7.52. The zero-order chi connectivity index (χ0) is 10.6. The Balaban J connectivity index is 2.94. The van der Waals surface area contributed by atoms with Gasteiger partial charge in [-0.25, -0.2) is 5.11 Å². The van der Waals surface area contributed by atoms with Crippen molar-refractivity contribution in [3.63, 3.8) is 0 Å². The highest BCUT2D eigenvalue weighted by atomic mass is 16.6. The van der Waals surface area contributed by atoms with E-state index >= 15 is 0 Å². The summed E-state index contributed by atoms with van der Waals surface area (Å²) < 4.78 is 4.70. The molecule has 0 N–H and O–H groups in total. The number of hydrogen-bond donors (Lipinski definition) is 0. The summed E-state index contributed by atoms with van der Waals surface area (Å²) in [6.07, 6.45) is 3.80. The minimum atomic E-state index is -0.574. The van der Waals surface area contributed by atoms with E-state index in [4.69, 9.17) is 4.74 Å². The SMILES string of the molecule is CCOC([O])=C1C=C=C([N+](=O)[O-])C=C1. The van der Waals surface area contributed by atoms with Crippen LogP contribution in [0.4, 0.5) is 0 Å². The van der Waals surface area contributed by atoms with E-state index in [9.17, 15) is 15.2 Å². The Kier molecular flexibility index (Phi) is 3.09. The number of ether oxygens (including phenoxy) is 1. The molecule has 1 rings (SSSR count). The second kappa shape index (κ2) is 4.30. The van der Waals surface area contributed by atoms with Crippen molar-refractivity contribution in [3.05, 3.63) is 51.3 Å². The third-order valence-electron chi connectivity index (χ3n) is 1.50. The molecular weight excluding hydrogens is 186 g/mol. The van der Waals surface area contributed by atoms with Gasteiger partial charge in [0.25, 0.3) is 0 Å².